The lowest BCUT2D eigenvalue weighted by Gasteiger charge is -2.57. The first-order valence-corrected chi connectivity index (χ1v) is 28.4. The van der Waals surface area contributed by atoms with E-state index < -0.39 is 60.2 Å². The van der Waals surface area contributed by atoms with Crippen LogP contribution in [-0.4, -0.2) is 103 Å². The first kappa shape index (κ1) is 53.7. The summed E-state index contributed by atoms with van der Waals surface area (Å²) < 4.78 is 28.4. The lowest BCUT2D eigenvalue weighted by atomic mass is 9.62. The summed E-state index contributed by atoms with van der Waals surface area (Å²) in [5.41, 5.74) is 9.77. The van der Waals surface area contributed by atoms with Crippen molar-refractivity contribution in [1.82, 2.24) is 35.8 Å². The highest BCUT2D eigenvalue weighted by Gasteiger charge is 2.59. The molecule has 4 fully saturated rings. The van der Waals surface area contributed by atoms with Crippen molar-refractivity contribution in [3.63, 3.8) is 0 Å². The molecule has 2 aliphatic carbocycles. The van der Waals surface area contributed by atoms with Gasteiger partial charge in [0.15, 0.2) is 29.0 Å². The summed E-state index contributed by atoms with van der Waals surface area (Å²) in [6.07, 6.45) is 21.1. The number of pyridine rings is 1. The van der Waals surface area contributed by atoms with Gasteiger partial charge in [-0.1, -0.05) is 43.4 Å². The van der Waals surface area contributed by atoms with Crippen molar-refractivity contribution in [3.05, 3.63) is 120 Å². The Kier molecular flexibility index (Phi) is 16.3. The van der Waals surface area contributed by atoms with Gasteiger partial charge in [-0.25, -0.2) is 0 Å². The molecule has 6 aliphatic rings. The zero-order valence-corrected chi connectivity index (χ0v) is 44.9. The van der Waals surface area contributed by atoms with Gasteiger partial charge in [0, 0.05) is 94.0 Å². The van der Waals surface area contributed by atoms with E-state index in [1.165, 1.54) is 25.0 Å². The van der Waals surface area contributed by atoms with Gasteiger partial charge in [0.1, 0.15) is 24.6 Å². The van der Waals surface area contributed by atoms with Crippen LogP contribution < -0.4 is 36.5 Å². The van der Waals surface area contributed by atoms with Gasteiger partial charge in [0.05, 0.1) is 47.5 Å². The van der Waals surface area contributed by atoms with Gasteiger partial charge in [0.25, 0.3) is 0 Å². The Morgan fingerprint density at radius 1 is 1.04 bits per heavy atom. The molecule has 10 atom stereocenters. The predicted octanol–water partition coefficient (Wildman–Crippen LogP) is 7.52. The molecule has 18 nitrogen and oxygen atoms in total. The highest BCUT2D eigenvalue weighted by Crippen LogP contribution is 2.49. The minimum absolute atomic E-state index is 0.0113. The number of carbonyl (C=O) groups is 1. The van der Waals surface area contributed by atoms with Crippen molar-refractivity contribution in [2.75, 3.05) is 19.7 Å². The quantitative estimate of drug-likeness (QED) is 0.0160. The van der Waals surface area contributed by atoms with Crippen LogP contribution in [0.5, 0.6) is 28.7 Å². The number of aromatic nitrogens is 3. The van der Waals surface area contributed by atoms with Crippen LogP contribution in [0.15, 0.2) is 108 Å². The fourth-order valence-corrected chi connectivity index (χ4v) is 13.1. The number of esters is 1. The number of hydrogen-bond acceptors (Lipinski definition) is 14. The monoisotopic (exact) mass is 1080 g/mol. The molecule has 79 heavy (non-hydrogen) atoms. The van der Waals surface area contributed by atoms with Crippen molar-refractivity contribution in [1.29, 1.82) is 0 Å². The third-order valence-electron chi connectivity index (χ3n) is 16.9. The number of aromatic hydroxyl groups is 3. The van der Waals surface area contributed by atoms with Gasteiger partial charge in [0.2, 0.25) is 5.75 Å². The number of aromatic amines is 1. The average molecular weight is 1080 g/mol. The Hall–Kier alpha value is -7.33. The van der Waals surface area contributed by atoms with Crippen molar-refractivity contribution in [2.45, 2.75) is 152 Å². The number of aliphatic hydroxyl groups is 1. The number of hydrogen-bond donors (Lipinski definition) is 10. The third kappa shape index (κ3) is 12.3. The van der Waals surface area contributed by atoms with E-state index in [1.54, 1.807) is 24.5 Å². The van der Waals surface area contributed by atoms with Crippen LogP contribution >= 0.6 is 0 Å². The Bertz CT molecular complexity index is 3070. The molecule has 5 aromatic rings. The molecule has 0 amide bonds. The van der Waals surface area contributed by atoms with Gasteiger partial charge >= 0.3 is 5.97 Å². The molecule has 418 valence electrons. The number of nitrogens with zero attached hydrogens (tertiary/aromatic N) is 3. The topological polar surface area (TPSA) is 255 Å². The molecule has 2 bridgehead atoms. The molecule has 3 aromatic heterocycles. The molecule has 0 unspecified atom stereocenters. The normalized spacial score (nSPS) is 28.0. The Morgan fingerprint density at radius 3 is 2.75 bits per heavy atom. The van der Waals surface area contributed by atoms with E-state index in [0.29, 0.717) is 81.1 Å². The van der Waals surface area contributed by atoms with Crippen molar-refractivity contribution in [2.24, 2.45) is 28.5 Å². The number of aliphatic hydroxyl groups excluding tert-OH is 1. The molecule has 7 heterocycles. The third-order valence-corrected chi connectivity index (χ3v) is 16.9. The second-order valence-corrected chi connectivity index (χ2v) is 22.4. The summed E-state index contributed by atoms with van der Waals surface area (Å²) in [5.74, 6) is 6.78. The standard InChI is InChI=1S/C61H75N9O9/c1-37(71)77-45-32-51(79-52(33-45)43-30-49(73)57(74)54(31-43)76-26-20-39-10-7-22-63-34-39)41-11-5-14-46-50(78-53-28-40(27-41)16-17-48(53)72)15-6-21-61(46)56(59(75)67-44-12-3-2-4-13-44)58(70-35-42-19-25-64-47(42)36-70)68-60(69-61)66-23-8-9-38-18-24-65-55(62)29-38/h7,10,16-19,22,25,28-31,34-36,41,44-46,50-52,56,58-59,64-65,67,72-75H,2-4,6,8-9,11-13,15,20-21,23-24,26-27,32-33,62H2,1H3,(H2,66,68,69)/t41-,45-,46-,50+,51-,52+,56-,58+,59-,61-/m1/s1. The van der Waals surface area contributed by atoms with Crippen molar-refractivity contribution >= 4 is 22.8 Å². The number of phenolic OH excluding ortho intramolecular Hbond substituents is 3. The summed E-state index contributed by atoms with van der Waals surface area (Å²) in [6, 6.07) is 14.6. The number of ether oxygens (including phenoxy) is 4. The lowest BCUT2D eigenvalue weighted by Crippen LogP contribution is -2.75. The number of carbonyl (C=O) groups excluding carboxylic acids is 1. The van der Waals surface area contributed by atoms with E-state index in [9.17, 15) is 25.2 Å². The second-order valence-electron chi connectivity index (χ2n) is 22.4. The predicted molar refractivity (Wildman–Crippen MR) is 299 cm³/mol. The smallest absolute Gasteiger partial charge is 0.302 e. The van der Waals surface area contributed by atoms with Crippen LogP contribution in [0.25, 0.3) is 10.9 Å². The average Bonchev–Trinajstić information content (AvgIpc) is 4.23. The number of guanidine groups is 1. The summed E-state index contributed by atoms with van der Waals surface area (Å²) >= 11 is 0. The number of aliphatic imine (C=N–C) groups is 1. The molecule has 1 spiro atoms. The highest BCUT2D eigenvalue weighted by molar-refractivity contribution is 5.83. The van der Waals surface area contributed by atoms with Crippen LogP contribution in [0.3, 0.4) is 0 Å². The highest BCUT2D eigenvalue weighted by atomic mass is 16.6. The summed E-state index contributed by atoms with van der Waals surface area (Å²) in [4.78, 5) is 25.5. The van der Waals surface area contributed by atoms with Crippen LogP contribution in [0, 0.1) is 29.6 Å². The molecule has 2 aromatic carbocycles. The van der Waals surface area contributed by atoms with Crippen LogP contribution in [0.2, 0.25) is 0 Å². The molecular weight excluding hydrogens is 1000 g/mol. The fraction of sp³-hybridized carbons (Fsp3) is 0.492. The van der Waals surface area contributed by atoms with E-state index in [2.05, 4.69) is 72.2 Å². The number of allylic oxidation sites excluding steroid dienone is 2. The SMILES string of the molecule is CC(=O)O[C@H]1C[C@@H](c2cc(O)c(O)c(OCCc3cccnc3)c2)O[C@@H]([C@@H]2CC#C[C@@H]3[C@H](CCC[C@@]34NC(=NCCCC3=CCNC(N)=C3)N[C@@H](n3cc5cc[nH]c5c3)[C@@H]4[C@@H](O)NC3CCCCC3)Oc3cc(ccc3O)C2)C1. The Morgan fingerprint density at radius 2 is 1.92 bits per heavy atom. The zero-order valence-electron chi connectivity index (χ0n) is 44.9. The zero-order chi connectivity index (χ0) is 54.5. The van der Waals surface area contributed by atoms with Gasteiger partial charge in [-0.05, 0) is 116 Å². The number of rotatable bonds is 15. The van der Waals surface area contributed by atoms with E-state index in [0.717, 1.165) is 67.0 Å². The fourth-order valence-electron chi connectivity index (χ4n) is 13.1. The Balaban J connectivity index is 0.958. The van der Waals surface area contributed by atoms with E-state index in [-0.39, 0.29) is 41.6 Å². The number of nitrogens with one attached hydrogen (secondary N) is 5. The molecular formula is C61H75N9O9. The van der Waals surface area contributed by atoms with Crippen LogP contribution in [0.1, 0.15) is 119 Å². The number of H-pyrrole nitrogens is 1. The van der Waals surface area contributed by atoms with E-state index in [1.807, 2.05) is 36.5 Å². The molecule has 11 rings (SSSR count). The van der Waals surface area contributed by atoms with Gasteiger partial charge in [-0.2, -0.15) is 0 Å². The van der Waals surface area contributed by atoms with Gasteiger partial charge in [-0.15, -0.1) is 5.92 Å². The van der Waals surface area contributed by atoms with E-state index >= 15 is 0 Å². The summed E-state index contributed by atoms with van der Waals surface area (Å²) in [7, 11) is 0. The largest absolute Gasteiger partial charge is 0.504 e. The molecule has 11 N–H and O–H groups in total. The van der Waals surface area contributed by atoms with Crippen LogP contribution in [-0.2, 0) is 27.1 Å². The second kappa shape index (κ2) is 24.0. The minimum atomic E-state index is -0.986. The van der Waals surface area contributed by atoms with Crippen molar-refractivity contribution < 1.29 is 44.2 Å². The molecule has 18 heteroatoms. The number of dihydropyridines is 1. The molecule has 2 saturated heterocycles. The number of benzene rings is 2. The van der Waals surface area contributed by atoms with Gasteiger partial charge in [-0.3, -0.25) is 20.1 Å². The molecule has 0 radical (unpaired) electrons. The van der Waals surface area contributed by atoms with Crippen molar-refractivity contribution in [3.8, 4) is 40.6 Å². The van der Waals surface area contributed by atoms with Gasteiger partial charge < -0.3 is 70.6 Å². The number of nitrogens with two attached hydrogens (primary N) is 1. The number of fused-ring (bicyclic) bond motifs is 5. The maximum Gasteiger partial charge on any atom is 0.302 e. The maximum absolute atomic E-state index is 13.0. The number of phenols is 3. The molecule has 4 aliphatic heterocycles. The van der Waals surface area contributed by atoms with Crippen LogP contribution in [0.4, 0.5) is 0 Å². The molecule has 2 saturated carbocycles. The minimum Gasteiger partial charge on any atom is -0.504 e. The first-order chi connectivity index (χ1) is 38.4. The lowest BCUT2D eigenvalue weighted by molar-refractivity contribution is -0.164. The maximum atomic E-state index is 13.0. The summed E-state index contributed by atoms with van der Waals surface area (Å²) in [6.45, 7) is 2.84. The first-order valence-electron chi connectivity index (χ1n) is 28.4. The van der Waals surface area contributed by atoms with E-state index in [4.69, 9.17) is 29.7 Å². The summed E-state index contributed by atoms with van der Waals surface area (Å²) in [5, 5.41) is 62.4. The Labute approximate surface area is 461 Å².